The predicted octanol–water partition coefficient (Wildman–Crippen LogP) is 19.6. The minimum absolute atomic E-state index is 0. The van der Waals surface area contributed by atoms with Crippen LogP contribution in [-0.4, -0.2) is 40.5 Å². The molecule has 8 nitrogen and oxygen atoms in total. The molecule has 0 aliphatic carbocycles. The van der Waals surface area contributed by atoms with Gasteiger partial charge in [-0.2, -0.15) is 10.2 Å². The van der Waals surface area contributed by atoms with Gasteiger partial charge in [0.15, 0.2) is 0 Å². The van der Waals surface area contributed by atoms with Gasteiger partial charge in [0.05, 0.1) is 23.9 Å². The van der Waals surface area contributed by atoms with Crippen LogP contribution in [0.25, 0.3) is 0 Å². The Morgan fingerprint density at radius 2 is 0.958 bits per heavy atom. The fourth-order valence-electron chi connectivity index (χ4n) is 7.77. The monoisotopic (exact) mass is 995 g/mol. The molecule has 0 spiro atoms. The van der Waals surface area contributed by atoms with Gasteiger partial charge in [-0.05, 0) is 121 Å². The van der Waals surface area contributed by atoms with Crippen LogP contribution in [0.4, 0.5) is 0 Å². The van der Waals surface area contributed by atoms with E-state index in [1.807, 2.05) is 21.9 Å². The lowest BCUT2D eigenvalue weighted by atomic mass is 9.97. The molecule has 0 saturated carbocycles. The minimum Gasteiger partial charge on any atom is -0.337 e. The van der Waals surface area contributed by atoms with Gasteiger partial charge in [-0.1, -0.05) is 189 Å². The molecule has 0 amide bonds. The van der Waals surface area contributed by atoms with Gasteiger partial charge in [0.1, 0.15) is 0 Å². The lowest BCUT2D eigenvalue weighted by Crippen LogP contribution is -2.05. The second-order valence-electron chi connectivity index (χ2n) is 23.3. The highest BCUT2D eigenvalue weighted by atomic mass is 15.3. The van der Waals surface area contributed by atoms with Crippen LogP contribution >= 0.6 is 0 Å². The lowest BCUT2D eigenvalue weighted by Gasteiger charge is -2.07. The third-order valence-corrected chi connectivity index (χ3v) is 9.94. The number of hydrogen-bond donors (Lipinski definition) is 0. The smallest absolute Gasteiger partial charge is 0.0949 e. The largest absolute Gasteiger partial charge is 0.337 e. The van der Waals surface area contributed by atoms with Crippen molar-refractivity contribution in [3.05, 3.63) is 77.7 Å². The molecule has 0 N–H and O–H groups in total. The van der Waals surface area contributed by atoms with Gasteiger partial charge in [0.25, 0.3) is 0 Å². The van der Waals surface area contributed by atoms with Crippen molar-refractivity contribution in [2.24, 2.45) is 69.2 Å². The number of hydrogen-bond acceptors (Lipinski definition) is 5. The van der Waals surface area contributed by atoms with Crippen LogP contribution in [0, 0.1) is 59.2 Å². The second kappa shape index (κ2) is 42.9. The van der Waals surface area contributed by atoms with Crippen LogP contribution in [0.5, 0.6) is 0 Å². The van der Waals surface area contributed by atoms with E-state index in [1.54, 1.807) is 0 Å². The number of aromatic nitrogens is 6. The summed E-state index contributed by atoms with van der Waals surface area (Å²) in [5, 5.41) is 8.83. The van der Waals surface area contributed by atoms with Crippen molar-refractivity contribution >= 4 is 11.4 Å². The van der Waals surface area contributed by atoms with Crippen molar-refractivity contribution in [1.29, 1.82) is 0 Å². The molecule has 0 radical (unpaired) electrons. The van der Waals surface area contributed by atoms with Gasteiger partial charge < -0.3 is 4.57 Å². The summed E-state index contributed by atoms with van der Waals surface area (Å²) in [7, 11) is 0. The first-order valence-electron chi connectivity index (χ1n) is 25.9. The first kappa shape index (κ1) is 78.9. The van der Waals surface area contributed by atoms with Crippen molar-refractivity contribution in [3.63, 3.8) is 0 Å². The third kappa shape index (κ3) is 41.6. The summed E-state index contributed by atoms with van der Waals surface area (Å²) in [6.45, 7) is 47.8. The standard InChI is InChI=1S/2C12H21N.3C11H20N2.6CH4/c1-9(2)5-11-7-12(13-8-11)6-10(3)4;1-9(2)7-11-5-6-12(13-11)8-10(3)4;1-9(2)5-11-6-12-13(8-11)7-10(3)4;1-9(2)5-11-7-13(8-12-11)6-10(3)4;1-9(2)7-11-5-6-13(12-11)8-10(3)4;;;;;;/h8-10H,5-7H2,1-4H3;5,9-10H,6-8H2,1-4H3;6,8-10H,5,7H2,1-4H3;7-10H,5-6H2,1-4H3;5-6,9-10H,7-8H2,1-4H3;6*1H4. The summed E-state index contributed by atoms with van der Waals surface area (Å²) < 4.78 is 6.27. The molecule has 0 atom stereocenters. The molecule has 2 aliphatic rings. The molecular weight excluding hydrogens is 869 g/mol. The molecule has 5 rings (SSSR count). The lowest BCUT2D eigenvalue weighted by molar-refractivity contribution is 0.476. The molecular formula is C63H126N8. The van der Waals surface area contributed by atoms with Crippen LogP contribution in [-0.2, 0) is 38.9 Å². The van der Waals surface area contributed by atoms with E-state index in [4.69, 9.17) is 0 Å². The zero-order valence-electron chi connectivity index (χ0n) is 46.0. The summed E-state index contributed by atoms with van der Waals surface area (Å²) in [4.78, 5) is 13.5. The van der Waals surface area contributed by atoms with E-state index in [-0.39, 0.29) is 44.6 Å². The zero-order valence-corrected chi connectivity index (χ0v) is 46.0. The van der Waals surface area contributed by atoms with Crippen LogP contribution in [0.1, 0.15) is 239 Å². The topological polar surface area (TPSA) is 78.2 Å². The summed E-state index contributed by atoms with van der Waals surface area (Å²) >= 11 is 0. The Bertz CT molecular complexity index is 1570. The molecule has 418 valence electrons. The highest BCUT2D eigenvalue weighted by molar-refractivity contribution is 5.89. The molecule has 71 heavy (non-hydrogen) atoms. The van der Waals surface area contributed by atoms with Crippen LogP contribution in [0.15, 0.2) is 70.7 Å². The van der Waals surface area contributed by atoms with E-state index in [9.17, 15) is 0 Å². The molecule has 3 aromatic heterocycles. The van der Waals surface area contributed by atoms with Crippen molar-refractivity contribution in [2.45, 2.75) is 260 Å². The number of allylic oxidation sites excluding steroid dienone is 3. The fourth-order valence-corrected chi connectivity index (χ4v) is 7.77. The summed E-state index contributed by atoms with van der Waals surface area (Å²) in [5.74, 6) is 7.13. The van der Waals surface area contributed by atoms with Gasteiger partial charge in [-0.25, -0.2) is 4.98 Å². The molecule has 0 unspecified atom stereocenters. The number of nitrogens with zero attached hydrogens (tertiary/aromatic N) is 8. The van der Waals surface area contributed by atoms with E-state index < -0.39 is 0 Å². The van der Waals surface area contributed by atoms with Crippen molar-refractivity contribution in [1.82, 2.24) is 29.1 Å². The highest BCUT2D eigenvalue weighted by Gasteiger charge is 2.13. The summed E-state index contributed by atoms with van der Waals surface area (Å²) in [6.07, 6.45) is 24.9. The average molecular weight is 996 g/mol. The van der Waals surface area contributed by atoms with E-state index in [0.717, 1.165) is 101 Å². The third-order valence-electron chi connectivity index (χ3n) is 9.94. The van der Waals surface area contributed by atoms with Crippen LogP contribution < -0.4 is 0 Å². The zero-order chi connectivity index (χ0) is 49.2. The van der Waals surface area contributed by atoms with Gasteiger partial charge in [-0.3, -0.25) is 19.3 Å². The van der Waals surface area contributed by atoms with Crippen LogP contribution in [0.3, 0.4) is 0 Å². The molecule has 8 heteroatoms. The van der Waals surface area contributed by atoms with E-state index in [2.05, 4.69) is 205 Å². The molecule has 0 aromatic carbocycles. The number of aliphatic imine (C=N–C) groups is 2. The summed E-state index contributed by atoms with van der Waals surface area (Å²) in [6, 6.07) is 2.13. The Kier molecular flexibility index (Phi) is 47.7. The first-order valence-corrected chi connectivity index (χ1v) is 25.9. The maximum Gasteiger partial charge on any atom is 0.0949 e. The number of rotatable bonds is 20. The number of imidazole rings is 1. The Balaban J connectivity index is -0.000000182. The van der Waals surface area contributed by atoms with Gasteiger partial charge in [0.2, 0.25) is 0 Å². The quantitative estimate of drug-likeness (QED) is 0.113. The van der Waals surface area contributed by atoms with E-state index in [1.165, 1.54) is 46.1 Å². The first-order chi connectivity index (χ1) is 30.4. The SMILES string of the molecule is C.C.C.C.C.C.CC(C)CC1=CCC(CC(C)C)=N1.CC(C)CC1=CN=C(CC(C)C)C1.CC(C)Cc1ccn(CC(C)C)n1.CC(C)Cc1cn(CC(C)C)cn1.CC(C)Cc1cnn(CC(C)C)c1. The van der Waals surface area contributed by atoms with Crippen molar-refractivity contribution < 1.29 is 0 Å². The van der Waals surface area contributed by atoms with Gasteiger partial charge >= 0.3 is 0 Å². The Labute approximate surface area is 446 Å². The summed E-state index contributed by atoms with van der Waals surface area (Å²) in [5.41, 5.74) is 9.38. The minimum atomic E-state index is 0. The molecule has 5 heterocycles. The van der Waals surface area contributed by atoms with Gasteiger partial charge in [0, 0.05) is 74.4 Å². The molecule has 0 fully saturated rings. The maximum absolute atomic E-state index is 4.65. The Morgan fingerprint density at radius 1 is 0.479 bits per heavy atom. The molecule has 3 aromatic rings. The molecule has 2 aliphatic heterocycles. The Morgan fingerprint density at radius 3 is 1.45 bits per heavy atom. The van der Waals surface area contributed by atoms with Crippen molar-refractivity contribution in [3.8, 4) is 0 Å². The van der Waals surface area contributed by atoms with Gasteiger partial charge in [-0.15, -0.1) is 0 Å². The van der Waals surface area contributed by atoms with Crippen LogP contribution in [0.2, 0.25) is 0 Å². The normalized spacial score (nSPS) is 12.5. The second-order valence-corrected chi connectivity index (χ2v) is 23.3. The fraction of sp³-hybridized carbons (Fsp3) is 0.762. The predicted molar refractivity (Wildman–Crippen MR) is 325 cm³/mol. The molecule has 0 bridgehead atoms. The average Bonchev–Trinajstić information content (AvgIpc) is 4.00. The Hall–Kier alpha value is -3.55. The highest BCUT2D eigenvalue weighted by Crippen LogP contribution is 2.23. The van der Waals surface area contributed by atoms with E-state index >= 15 is 0 Å². The van der Waals surface area contributed by atoms with Crippen molar-refractivity contribution in [2.75, 3.05) is 0 Å². The molecule has 0 saturated heterocycles. The maximum atomic E-state index is 4.65. The van der Waals surface area contributed by atoms with E-state index in [0.29, 0.717) is 29.6 Å².